The fourth-order valence-electron chi connectivity index (χ4n) is 4.69. The minimum Gasteiger partial charge on any atom is -0.465 e. The van der Waals surface area contributed by atoms with E-state index in [9.17, 15) is 14.7 Å². The van der Waals surface area contributed by atoms with E-state index in [1.165, 1.54) is 22.2 Å². The van der Waals surface area contributed by atoms with E-state index >= 15 is 0 Å². The summed E-state index contributed by atoms with van der Waals surface area (Å²) in [5.41, 5.74) is 0.976. The zero-order valence-corrected chi connectivity index (χ0v) is 21.3. The van der Waals surface area contributed by atoms with Crippen molar-refractivity contribution in [2.75, 3.05) is 13.1 Å². The third-order valence-corrected chi connectivity index (χ3v) is 9.29. The van der Waals surface area contributed by atoms with Crippen LogP contribution >= 0.6 is 39.0 Å². The normalized spacial score (nSPS) is 23.8. The van der Waals surface area contributed by atoms with Gasteiger partial charge in [0, 0.05) is 28.2 Å². The molecular formula is C25H22BrN3O3S2. The summed E-state index contributed by atoms with van der Waals surface area (Å²) in [6.07, 6.45) is -0.198. The first kappa shape index (κ1) is 23.1. The molecule has 1 unspecified atom stereocenters. The first-order valence-electron chi connectivity index (χ1n) is 10.8. The Morgan fingerprint density at radius 1 is 1.09 bits per heavy atom. The molecular weight excluding hydrogens is 534 g/mol. The zero-order valence-electron chi connectivity index (χ0n) is 18.1. The molecule has 2 aliphatic rings. The Morgan fingerprint density at radius 2 is 1.79 bits per heavy atom. The Hall–Kier alpha value is -2.62. The number of carbonyl (C=O) groups is 2. The Bertz CT molecular complexity index is 1230. The molecule has 2 aromatic carbocycles. The lowest BCUT2D eigenvalue weighted by Crippen LogP contribution is -2.46. The molecule has 3 atom stereocenters. The number of fused-ring (bicyclic) bond motifs is 1. The van der Waals surface area contributed by atoms with Crippen molar-refractivity contribution in [3.63, 3.8) is 0 Å². The lowest BCUT2D eigenvalue weighted by molar-refractivity contribution is 0.0977. The molecule has 1 aromatic heterocycles. The van der Waals surface area contributed by atoms with E-state index in [1.807, 2.05) is 48.5 Å². The van der Waals surface area contributed by atoms with E-state index < -0.39 is 11.6 Å². The van der Waals surface area contributed by atoms with Crippen LogP contribution in [0.4, 0.5) is 4.79 Å². The molecule has 1 fully saturated rings. The fourth-order valence-corrected chi connectivity index (χ4v) is 7.67. The van der Waals surface area contributed by atoms with Crippen LogP contribution in [-0.2, 0) is 12.0 Å². The van der Waals surface area contributed by atoms with Crippen LogP contribution < -0.4 is 5.32 Å². The van der Waals surface area contributed by atoms with Crippen molar-refractivity contribution >= 4 is 56.2 Å². The quantitative estimate of drug-likeness (QED) is 0.447. The highest BCUT2D eigenvalue weighted by Crippen LogP contribution is 2.51. The van der Waals surface area contributed by atoms with Gasteiger partial charge in [-0.1, -0.05) is 60.3 Å². The SMILES string of the molecule is O=C(NC1=N[C@@]2(c3ccc(Br)s3)CN(C(=O)O)C[C@H]2C(Cc2ccccc2)S1)c1ccccc1. The number of halogens is 1. The van der Waals surface area contributed by atoms with Crippen LogP contribution in [-0.4, -0.2) is 45.5 Å². The van der Waals surface area contributed by atoms with Crippen molar-refractivity contribution in [2.45, 2.75) is 17.2 Å². The molecule has 0 spiro atoms. The van der Waals surface area contributed by atoms with Gasteiger partial charge in [0.05, 0.1) is 10.3 Å². The van der Waals surface area contributed by atoms with Crippen LogP contribution in [0.3, 0.4) is 0 Å². The van der Waals surface area contributed by atoms with Crippen molar-refractivity contribution in [3.8, 4) is 0 Å². The molecule has 2 aliphatic heterocycles. The average molecular weight is 557 g/mol. The Morgan fingerprint density at radius 3 is 2.44 bits per heavy atom. The maximum atomic E-state index is 13.0. The first-order valence-corrected chi connectivity index (χ1v) is 13.3. The molecule has 0 bridgehead atoms. The van der Waals surface area contributed by atoms with Crippen molar-refractivity contribution < 1.29 is 14.7 Å². The number of nitrogens with zero attached hydrogens (tertiary/aromatic N) is 2. The number of rotatable bonds is 4. The Balaban J connectivity index is 1.56. The molecule has 5 rings (SSSR count). The molecule has 0 saturated carbocycles. The van der Waals surface area contributed by atoms with E-state index in [1.54, 1.807) is 23.5 Å². The lowest BCUT2D eigenvalue weighted by Gasteiger charge is -2.39. The Kier molecular flexibility index (Phi) is 6.50. The van der Waals surface area contributed by atoms with E-state index in [2.05, 4.69) is 33.4 Å². The number of hydrogen-bond acceptors (Lipinski definition) is 5. The summed E-state index contributed by atoms with van der Waals surface area (Å²) >= 11 is 6.66. The van der Waals surface area contributed by atoms with Gasteiger partial charge in [-0.15, -0.1) is 11.3 Å². The Labute approximate surface area is 214 Å². The molecule has 0 radical (unpaired) electrons. The van der Waals surface area contributed by atoms with Crippen molar-refractivity contribution in [1.29, 1.82) is 0 Å². The van der Waals surface area contributed by atoms with Crippen LogP contribution in [0.5, 0.6) is 0 Å². The van der Waals surface area contributed by atoms with Gasteiger partial charge >= 0.3 is 6.09 Å². The molecule has 9 heteroatoms. The van der Waals surface area contributed by atoms with E-state index in [0.717, 1.165) is 15.1 Å². The summed E-state index contributed by atoms with van der Waals surface area (Å²) in [6.45, 7) is 0.662. The summed E-state index contributed by atoms with van der Waals surface area (Å²) in [6, 6.07) is 23.2. The predicted octanol–water partition coefficient (Wildman–Crippen LogP) is 5.46. The largest absolute Gasteiger partial charge is 0.465 e. The minimum absolute atomic E-state index is 0.0308. The summed E-state index contributed by atoms with van der Waals surface area (Å²) in [5, 5.41) is 13.4. The zero-order chi connectivity index (χ0) is 23.7. The van der Waals surface area contributed by atoms with Crippen molar-refractivity contribution in [1.82, 2.24) is 10.2 Å². The highest BCUT2D eigenvalue weighted by molar-refractivity contribution is 9.11. The van der Waals surface area contributed by atoms with E-state index in [0.29, 0.717) is 17.3 Å². The predicted molar refractivity (Wildman–Crippen MR) is 140 cm³/mol. The molecule has 174 valence electrons. The van der Waals surface area contributed by atoms with Gasteiger partial charge < -0.3 is 15.3 Å². The molecule has 2 N–H and O–H groups in total. The molecule has 34 heavy (non-hydrogen) atoms. The highest BCUT2D eigenvalue weighted by Gasteiger charge is 2.56. The third-order valence-electron chi connectivity index (χ3n) is 6.28. The number of carboxylic acid groups (broad SMARTS) is 1. The van der Waals surface area contributed by atoms with E-state index in [4.69, 9.17) is 4.99 Å². The number of thioether (sulfide) groups is 1. The number of aliphatic imine (C=N–C) groups is 1. The summed E-state index contributed by atoms with van der Waals surface area (Å²) in [5.74, 6) is -0.254. The molecule has 2 amide bonds. The van der Waals surface area contributed by atoms with Crippen LogP contribution in [0.25, 0.3) is 0 Å². The van der Waals surface area contributed by atoms with E-state index in [-0.39, 0.29) is 23.6 Å². The minimum atomic E-state index is -0.946. The van der Waals surface area contributed by atoms with Gasteiger partial charge in [0.25, 0.3) is 5.91 Å². The smallest absolute Gasteiger partial charge is 0.407 e. The fraction of sp³-hybridized carbons (Fsp3) is 0.240. The topological polar surface area (TPSA) is 82.0 Å². The second-order valence-corrected chi connectivity index (χ2v) is 12.1. The average Bonchev–Trinajstić information content (AvgIpc) is 3.45. The maximum absolute atomic E-state index is 13.0. The third kappa shape index (κ3) is 4.52. The van der Waals surface area contributed by atoms with Crippen LogP contribution in [0.15, 0.2) is 81.6 Å². The van der Waals surface area contributed by atoms with Crippen molar-refractivity contribution in [3.05, 3.63) is 92.6 Å². The monoisotopic (exact) mass is 555 g/mol. The highest BCUT2D eigenvalue weighted by atomic mass is 79.9. The van der Waals surface area contributed by atoms with Gasteiger partial charge in [-0.25, -0.2) is 9.79 Å². The number of likely N-dealkylation sites (tertiary alicyclic amines) is 1. The molecule has 0 aliphatic carbocycles. The van der Waals surface area contributed by atoms with Gasteiger partial charge in [-0.05, 0) is 52.2 Å². The van der Waals surface area contributed by atoms with Crippen LogP contribution in [0.1, 0.15) is 20.8 Å². The molecule has 6 nitrogen and oxygen atoms in total. The van der Waals surface area contributed by atoms with Gasteiger partial charge in [0.15, 0.2) is 5.17 Å². The molecule has 1 saturated heterocycles. The van der Waals surface area contributed by atoms with Gasteiger partial charge in [-0.2, -0.15) is 0 Å². The number of amides is 2. The molecule has 3 heterocycles. The second-order valence-electron chi connectivity index (χ2n) is 8.38. The summed E-state index contributed by atoms with van der Waals surface area (Å²) in [4.78, 5) is 32.5. The van der Waals surface area contributed by atoms with Crippen molar-refractivity contribution in [2.24, 2.45) is 10.9 Å². The molecule has 3 aromatic rings. The second kappa shape index (κ2) is 9.56. The number of carbonyl (C=O) groups excluding carboxylic acids is 1. The standard InChI is InChI=1S/C25H22BrN3O3S2/c26-21-12-11-20(34-21)25-15-29(24(31)32)14-18(25)19(13-16-7-3-1-4-8-16)33-23(28-25)27-22(30)17-9-5-2-6-10-17/h1-12,18-19H,13-15H2,(H,31,32)(H,27,28,30)/t18-,19?,25-/m0/s1. The number of benzene rings is 2. The lowest BCUT2D eigenvalue weighted by atomic mass is 9.81. The van der Waals surface area contributed by atoms with Gasteiger partial charge in [0.1, 0.15) is 5.54 Å². The van der Waals surface area contributed by atoms with Crippen LogP contribution in [0, 0.1) is 5.92 Å². The number of nitrogens with one attached hydrogen (secondary N) is 1. The van der Waals surface area contributed by atoms with Gasteiger partial charge in [-0.3, -0.25) is 4.79 Å². The number of thiophene rings is 1. The van der Waals surface area contributed by atoms with Crippen LogP contribution in [0.2, 0.25) is 0 Å². The summed E-state index contributed by atoms with van der Waals surface area (Å²) in [7, 11) is 0. The number of amidine groups is 1. The van der Waals surface area contributed by atoms with Gasteiger partial charge in [0.2, 0.25) is 0 Å². The first-order chi connectivity index (χ1) is 16.4. The summed E-state index contributed by atoms with van der Waals surface area (Å²) < 4.78 is 0.965. The maximum Gasteiger partial charge on any atom is 0.407 e. The number of hydrogen-bond donors (Lipinski definition) is 2.